The Bertz CT molecular complexity index is 544. The molecule has 7 heteroatoms. The Hall–Kier alpha value is -1.66. The molecule has 0 saturated carbocycles. The Morgan fingerprint density at radius 3 is 2.76 bits per heavy atom. The molecule has 1 amide bonds. The maximum atomic E-state index is 12.3. The van der Waals surface area contributed by atoms with Gasteiger partial charge in [0.15, 0.2) is 0 Å². The first-order valence-corrected chi connectivity index (χ1v) is 7.12. The summed E-state index contributed by atoms with van der Waals surface area (Å²) in [6, 6.07) is 4.25. The second-order valence-electron chi connectivity index (χ2n) is 5.11. The van der Waals surface area contributed by atoms with E-state index in [2.05, 4.69) is 0 Å². The second-order valence-corrected chi connectivity index (χ2v) is 5.52. The fourth-order valence-corrected chi connectivity index (χ4v) is 2.56. The summed E-state index contributed by atoms with van der Waals surface area (Å²) in [4.78, 5) is 24.2. The van der Waals surface area contributed by atoms with Crippen molar-refractivity contribution in [1.82, 2.24) is 4.90 Å². The van der Waals surface area contributed by atoms with Crippen molar-refractivity contribution < 1.29 is 14.5 Å². The molecule has 1 aromatic rings. The number of hydrogen-bond acceptors (Lipinski definition) is 4. The number of ether oxygens (including phenoxy) is 1. The van der Waals surface area contributed by atoms with Gasteiger partial charge in [-0.15, -0.1) is 0 Å². The maximum absolute atomic E-state index is 12.3. The van der Waals surface area contributed by atoms with Crippen LogP contribution in [0.1, 0.15) is 18.4 Å². The van der Waals surface area contributed by atoms with E-state index < -0.39 is 4.92 Å². The number of halogens is 1. The number of rotatable bonds is 4. The van der Waals surface area contributed by atoms with Crippen LogP contribution in [0.3, 0.4) is 0 Å². The number of hydrogen-bond donors (Lipinski definition) is 0. The van der Waals surface area contributed by atoms with E-state index in [1.807, 2.05) is 0 Å². The lowest BCUT2D eigenvalue weighted by Crippen LogP contribution is -2.35. The van der Waals surface area contributed by atoms with E-state index in [0.29, 0.717) is 36.6 Å². The zero-order valence-corrected chi connectivity index (χ0v) is 12.5. The van der Waals surface area contributed by atoms with E-state index in [-0.39, 0.29) is 24.1 Å². The molecular weight excluding hydrogens is 296 g/mol. The highest BCUT2D eigenvalue weighted by Crippen LogP contribution is 2.24. The molecule has 0 aliphatic carbocycles. The monoisotopic (exact) mass is 312 g/mol. The third-order valence-corrected chi connectivity index (χ3v) is 3.96. The maximum Gasteiger partial charge on any atom is 0.269 e. The average molecular weight is 313 g/mol. The fourth-order valence-electron chi connectivity index (χ4n) is 2.39. The zero-order chi connectivity index (χ0) is 15.4. The van der Waals surface area contributed by atoms with Crippen LogP contribution >= 0.6 is 11.6 Å². The Labute approximate surface area is 127 Å². The summed E-state index contributed by atoms with van der Waals surface area (Å²) in [6.45, 7) is 1.46. The molecule has 1 saturated heterocycles. The van der Waals surface area contributed by atoms with E-state index in [0.717, 1.165) is 0 Å². The summed E-state index contributed by atoms with van der Waals surface area (Å²) < 4.78 is 5.24. The highest BCUT2D eigenvalue weighted by Gasteiger charge is 2.25. The predicted molar refractivity (Wildman–Crippen MR) is 78.1 cm³/mol. The Morgan fingerprint density at radius 1 is 1.48 bits per heavy atom. The minimum Gasteiger partial charge on any atom is -0.381 e. The van der Waals surface area contributed by atoms with Crippen molar-refractivity contribution in [2.75, 3.05) is 20.3 Å². The summed E-state index contributed by atoms with van der Waals surface area (Å²) in [5.74, 6) is -0.0119. The van der Waals surface area contributed by atoms with Crippen molar-refractivity contribution in [2.24, 2.45) is 5.92 Å². The van der Waals surface area contributed by atoms with Crippen molar-refractivity contribution in [1.29, 1.82) is 0 Å². The first-order valence-electron chi connectivity index (χ1n) is 6.74. The van der Waals surface area contributed by atoms with Crippen LogP contribution in [0.2, 0.25) is 5.02 Å². The van der Waals surface area contributed by atoms with Crippen molar-refractivity contribution in [3.8, 4) is 0 Å². The molecule has 2 rings (SSSR count). The van der Waals surface area contributed by atoms with E-state index in [9.17, 15) is 14.9 Å². The Balaban J connectivity index is 2.07. The lowest BCUT2D eigenvalue weighted by Gasteiger charge is -2.26. The number of amides is 1. The smallest absolute Gasteiger partial charge is 0.269 e. The molecule has 0 unspecified atom stereocenters. The highest BCUT2D eigenvalue weighted by atomic mass is 35.5. The molecule has 1 aliphatic rings. The number of nitro groups is 1. The lowest BCUT2D eigenvalue weighted by atomic mass is 9.98. The van der Waals surface area contributed by atoms with Gasteiger partial charge in [-0.1, -0.05) is 11.6 Å². The Kier molecular flexibility index (Phi) is 5.14. The third-order valence-electron chi connectivity index (χ3n) is 3.59. The van der Waals surface area contributed by atoms with Gasteiger partial charge in [-0.3, -0.25) is 14.9 Å². The van der Waals surface area contributed by atoms with Gasteiger partial charge in [-0.2, -0.15) is 0 Å². The third kappa shape index (κ3) is 3.92. The number of non-ortho nitro benzene ring substituents is 1. The minimum atomic E-state index is -0.472. The van der Waals surface area contributed by atoms with Crippen molar-refractivity contribution in [2.45, 2.75) is 19.4 Å². The number of nitro benzene ring substituents is 1. The van der Waals surface area contributed by atoms with Gasteiger partial charge in [0.05, 0.1) is 4.92 Å². The molecular formula is C14H17ClN2O4. The van der Waals surface area contributed by atoms with Gasteiger partial charge in [-0.25, -0.2) is 0 Å². The van der Waals surface area contributed by atoms with Gasteiger partial charge in [0.25, 0.3) is 5.69 Å². The first kappa shape index (κ1) is 15.7. The molecule has 0 aromatic heterocycles. The highest BCUT2D eigenvalue weighted by molar-refractivity contribution is 6.31. The molecule has 114 valence electrons. The van der Waals surface area contributed by atoms with Gasteiger partial charge in [0.1, 0.15) is 0 Å². The normalized spacial score (nSPS) is 15.7. The summed E-state index contributed by atoms with van der Waals surface area (Å²) in [7, 11) is 1.69. The number of nitrogens with zero attached hydrogens (tertiary/aromatic N) is 2. The van der Waals surface area contributed by atoms with Gasteiger partial charge in [-0.05, 0) is 24.5 Å². The van der Waals surface area contributed by atoms with Crippen LogP contribution in [0.4, 0.5) is 5.69 Å². The molecule has 21 heavy (non-hydrogen) atoms. The van der Waals surface area contributed by atoms with Crippen LogP contribution in [0.5, 0.6) is 0 Å². The van der Waals surface area contributed by atoms with Crippen LogP contribution in [0.15, 0.2) is 18.2 Å². The molecule has 0 bridgehead atoms. The average Bonchev–Trinajstić information content (AvgIpc) is 2.49. The van der Waals surface area contributed by atoms with Gasteiger partial charge in [0.2, 0.25) is 5.91 Å². The fraction of sp³-hybridized carbons (Fsp3) is 0.500. The van der Waals surface area contributed by atoms with E-state index in [1.54, 1.807) is 11.9 Å². The number of carbonyl (C=O) groups excluding carboxylic acids is 1. The summed E-state index contributed by atoms with van der Waals surface area (Å²) >= 11 is 6.05. The molecule has 0 N–H and O–H groups in total. The topological polar surface area (TPSA) is 72.7 Å². The molecule has 1 aromatic carbocycles. The van der Waals surface area contributed by atoms with E-state index in [1.165, 1.54) is 18.2 Å². The van der Waals surface area contributed by atoms with Gasteiger partial charge >= 0.3 is 0 Å². The zero-order valence-electron chi connectivity index (χ0n) is 11.8. The summed E-state index contributed by atoms with van der Waals surface area (Å²) in [5.41, 5.74) is 0.551. The summed E-state index contributed by atoms with van der Waals surface area (Å²) in [6.07, 6.45) is 1.43. The first-order chi connectivity index (χ1) is 9.99. The largest absolute Gasteiger partial charge is 0.381 e. The van der Waals surface area contributed by atoms with Crippen LogP contribution in [-0.2, 0) is 16.1 Å². The molecule has 0 atom stereocenters. The predicted octanol–water partition coefficient (Wildman–Crippen LogP) is 2.63. The lowest BCUT2D eigenvalue weighted by molar-refractivity contribution is -0.384. The number of carbonyl (C=O) groups is 1. The molecule has 0 spiro atoms. The molecule has 1 aliphatic heterocycles. The molecule has 1 heterocycles. The Morgan fingerprint density at radius 2 is 2.14 bits per heavy atom. The van der Waals surface area contributed by atoms with Crippen LogP contribution in [-0.4, -0.2) is 36.0 Å². The van der Waals surface area contributed by atoms with Crippen molar-refractivity contribution in [3.63, 3.8) is 0 Å². The van der Waals surface area contributed by atoms with Crippen molar-refractivity contribution >= 4 is 23.2 Å². The second kappa shape index (κ2) is 6.87. The summed E-state index contributed by atoms with van der Waals surface area (Å²) in [5, 5.41) is 11.2. The molecule has 0 radical (unpaired) electrons. The minimum absolute atomic E-state index is 0.0266. The van der Waals surface area contributed by atoms with E-state index in [4.69, 9.17) is 16.3 Å². The van der Waals surface area contributed by atoms with Gasteiger partial charge < -0.3 is 9.64 Å². The van der Waals surface area contributed by atoms with Gasteiger partial charge in [0, 0.05) is 49.9 Å². The SMILES string of the molecule is CN(Cc1cc([N+](=O)[O-])ccc1Cl)C(=O)C1CCOCC1. The van der Waals surface area contributed by atoms with Crippen LogP contribution in [0.25, 0.3) is 0 Å². The standard InChI is InChI=1S/C14H17ClN2O4/c1-16(14(18)10-4-6-21-7-5-10)9-11-8-12(17(19)20)2-3-13(11)15/h2-3,8,10H,4-7,9H2,1H3. The van der Waals surface area contributed by atoms with Crippen LogP contribution < -0.4 is 0 Å². The quantitative estimate of drug-likeness (QED) is 0.633. The molecule has 1 fully saturated rings. The number of benzene rings is 1. The van der Waals surface area contributed by atoms with Crippen molar-refractivity contribution in [3.05, 3.63) is 38.9 Å². The van der Waals surface area contributed by atoms with Crippen LogP contribution in [0, 0.1) is 16.0 Å². The van der Waals surface area contributed by atoms with E-state index >= 15 is 0 Å². The molecule has 6 nitrogen and oxygen atoms in total.